The first-order valence-electron chi connectivity index (χ1n) is 9.42. The van der Waals surface area contributed by atoms with E-state index >= 15 is 0 Å². The molecule has 0 aliphatic carbocycles. The molecule has 0 bridgehead atoms. The minimum Gasteiger partial charge on any atom is -0.493 e. The molecular formula is C22H26NO5+. The summed E-state index contributed by atoms with van der Waals surface area (Å²) in [6.45, 7) is 1.83. The third kappa shape index (κ3) is 3.29. The molecular weight excluding hydrogens is 358 g/mol. The Morgan fingerprint density at radius 1 is 1.00 bits per heavy atom. The van der Waals surface area contributed by atoms with E-state index in [0.717, 1.165) is 46.4 Å². The molecule has 4 rings (SSSR count). The number of ether oxygens (including phenoxy) is 4. The highest BCUT2D eigenvalue weighted by molar-refractivity contribution is 6.00. The van der Waals surface area contributed by atoms with Crippen molar-refractivity contribution in [3.63, 3.8) is 0 Å². The average molecular weight is 384 g/mol. The first-order chi connectivity index (χ1) is 13.4. The summed E-state index contributed by atoms with van der Waals surface area (Å²) in [6.07, 6.45) is 1.09. The highest BCUT2D eigenvalue weighted by atomic mass is 16.7. The predicted octanol–water partition coefficient (Wildman–Crippen LogP) is 2.99. The number of quaternary nitrogens is 1. The maximum atomic E-state index is 13.2. The zero-order valence-corrected chi connectivity index (χ0v) is 16.8. The second kappa shape index (κ2) is 7.02. The number of methoxy groups -OCH3 is 2. The summed E-state index contributed by atoms with van der Waals surface area (Å²) in [6, 6.07) is 7.65. The normalized spacial score (nSPS) is 17.5. The number of carbonyl (C=O) groups is 1. The van der Waals surface area contributed by atoms with Crippen LogP contribution in [0.25, 0.3) is 0 Å². The SMILES string of the molecule is COc1ccc2c(c1OC)C[N+](C)(C)CCc1cc3c(cc1C(=O)C2)OCO3. The van der Waals surface area contributed by atoms with Crippen LogP contribution in [0.3, 0.4) is 0 Å². The smallest absolute Gasteiger partial charge is 0.231 e. The highest BCUT2D eigenvalue weighted by Gasteiger charge is 2.29. The molecule has 0 saturated carbocycles. The molecule has 0 saturated heterocycles. The van der Waals surface area contributed by atoms with E-state index in [1.807, 2.05) is 24.3 Å². The van der Waals surface area contributed by atoms with Crippen LogP contribution in [0.1, 0.15) is 27.0 Å². The van der Waals surface area contributed by atoms with Crippen molar-refractivity contribution in [3.8, 4) is 23.0 Å². The minimum atomic E-state index is 0.0778. The molecule has 2 aliphatic heterocycles. The Kier molecular flexibility index (Phi) is 4.67. The van der Waals surface area contributed by atoms with Gasteiger partial charge < -0.3 is 23.4 Å². The van der Waals surface area contributed by atoms with Gasteiger partial charge >= 0.3 is 0 Å². The summed E-state index contributed by atoms with van der Waals surface area (Å²) < 4.78 is 23.0. The lowest BCUT2D eigenvalue weighted by atomic mass is 9.91. The third-order valence-electron chi connectivity index (χ3n) is 5.57. The standard InChI is InChI=1S/C22H26NO5/c1-23(2)8-7-15-10-20-21(28-13-27-20)11-16(15)18(24)9-14-5-6-19(25-3)22(26-4)17(14)12-23/h5-6,10-11H,7-9,12-13H2,1-4H3/q+1. The first kappa shape index (κ1) is 18.6. The van der Waals surface area contributed by atoms with Gasteiger partial charge in [-0.1, -0.05) is 6.07 Å². The number of ketones is 1. The van der Waals surface area contributed by atoms with Crippen molar-refractivity contribution in [2.75, 3.05) is 41.7 Å². The number of hydrogen-bond acceptors (Lipinski definition) is 5. The molecule has 28 heavy (non-hydrogen) atoms. The fourth-order valence-electron chi connectivity index (χ4n) is 4.02. The van der Waals surface area contributed by atoms with Crippen molar-refractivity contribution < 1.29 is 28.2 Å². The zero-order valence-electron chi connectivity index (χ0n) is 16.8. The minimum absolute atomic E-state index is 0.0778. The van der Waals surface area contributed by atoms with Crippen LogP contribution in [0, 0.1) is 0 Å². The molecule has 2 aliphatic rings. The zero-order chi connectivity index (χ0) is 19.9. The highest BCUT2D eigenvalue weighted by Crippen LogP contribution is 2.39. The Hall–Kier alpha value is -2.73. The van der Waals surface area contributed by atoms with E-state index in [4.69, 9.17) is 18.9 Å². The van der Waals surface area contributed by atoms with Crippen molar-refractivity contribution in [2.45, 2.75) is 19.4 Å². The Morgan fingerprint density at radius 2 is 1.75 bits per heavy atom. The fraction of sp³-hybridized carbons (Fsp3) is 0.409. The summed E-state index contributed by atoms with van der Waals surface area (Å²) in [5.41, 5.74) is 3.74. The molecule has 6 nitrogen and oxygen atoms in total. The van der Waals surface area contributed by atoms with Gasteiger partial charge in [-0.15, -0.1) is 0 Å². The molecule has 6 heteroatoms. The van der Waals surface area contributed by atoms with Gasteiger partial charge in [0.25, 0.3) is 0 Å². The van der Waals surface area contributed by atoms with Crippen LogP contribution in [0.15, 0.2) is 24.3 Å². The van der Waals surface area contributed by atoms with E-state index < -0.39 is 0 Å². The van der Waals surface area contributed by atoms with Crippen LogP contribution in [0.4, 0.5) is 0 Å². The van der Waals surface area contributed by atoms with Crippen LogP contribution >= 0.6 is 0 Å². The lowest BCUT2D eigenvalue weighted by Gasteiger charge is -2.32. The summed E-state index contributed by atoms with van der Waals surface area (Å²) >= 11 is 0. The van der Waals surface area contributed by atoms with E-state index in [1.165, 1.54) is 0 Å². The monoisotopic (exact) mass is 384 g/mol. The van der Waals surface area contributed by atoms with E-state index in [-0.39, 0.29) is 12.6 Å². The Bertz CT molecular complexity index is 935. The number of nitrogens with zero attached hydrogens (tertiary/aromatic N) is 1. The number of Topliss-reactive ketones (excluding diaryl/α,β-unsaturated/α-hetero) is 1. The molecule has 0 atom stereocenters. The van der Waals surface area contributed by atoms with Crippen LogP contribution in [-0.2, 0) is 19.4 Å². The van der Waals surface area contributed by atoms with Crippen molar-refractivity contribution in [1.29, 1.82) is 0 Å². The van der Waals surface area contributed by atoms with Gasteiger partial charge in [-0.2, -0.15) is 0 Å². The number of likely N-dealkylation sites (N-methyl/N-ethyl adjacent to an activating group) is 1. The van der Waals surface area contributed by atoms with E-state index in [2.05, 4.69) is 14.1 Å². The number of fused-ring (bicyclic) bond motifs is 3. The molecule has 2 aromatic carbocycles. The molecule has 0 unspecified atom stereocenters. The van der Waals surface area contributed by atoms with Crippen LogP contribution in [-0.4, -0.2) is 51.9 Å². The second-order valence-corrected chi connectivity index (χ2v) is 7.97. The van der Waals surface area contributed by atoms with Gasteiger partial charge in [-0.25, -0.2) is 0 Å². The van der Waals surface area contributed by atoms with Gasteiger partial charge in [0.1, 0.15) is 6.54 Å². The van der Waals surface area contributed by atoms with Gasteiger partial charge in [-0.05, 0) is 29.3 Å². The van der Waals surface area contributed by atoms with Gasteiger partial charge in [0.15, 0.2) is 28.8 Å². The van der Waals surface area contributed by atoms with Gasteiger partial charge in [-0.3, -0.25) is 4.79 Å². The van der Waals surface area contributed by atoms with E-state index in [9.17, 15) is 4.79 Å². The van der Waals surface area contributed by atoms with E-state index in [1.54, 1.807) is 14.2 Å². The number of rotatable bonds is 2. The lowest BCUT2D eigenvalue weighted by Crippen LogP contribution is -2.41. The molecule has 0 spiro atoms. The lowest BCUT2D eigenvalue weighted by molar-refractivity contribution is -0.903. The number of benzene rings is 2. The topological polar surface area (TPSA) is 54.0 Å². The van der Waals surface area contributed by atoms with Crippen molar-refractivity contribution in [3.05, 3.63) is 46.5 Å². The van der Waals surface area contributed by atoms with Crippen LogP contribution < -0.4 is 18.9 Å². The number of hydrogen-bond donors (Lipinski definition) is 0. The summed E-state index contributed by atoms with van der Waals surface area (Å²) in [5.74, 6) is 2.85. The summed E-state index contributed by atoms with van der Waals surface area (Å²) in [4.78, 5) is 13.2. The summed E-state index contributed by atoms with van der Waals surface area (Å²) in [7, 11) is 7.67. The van der Waals surface area contributed by atoms with Gasteiger partial charge in [0.2, 0.25) is 6.79 Å². The molecule has 0 aromatic heterocycles. The van der Waals surface area contributed by atoms with E-state index in [0.29, 0.717) is 29.2 Å². The fourth-order valence-corrected chi connectivity index (χ4v) is 4.02. The third-order valence-corrected chi connectivity index (χ3v) is 5.57. The Labute approximate surface area is 165 Å². The van der Waals surface area contributed by atoms with Crippen molar-refractivity contribution >= 4 is 5.78 Å². The molecule has 2 aromatic rings. The first-order valence-corrected chi connectivity index (χ1v) is 9.42. The van der Waals surface area contributed by atoms with Gasteiger partial charge in [0, 0.05) is 18.4 Å². The maximum absolute atomic E-state index is 13.2. The Morgan fingerprint density at radius 3 is 2.46 bits per heavy atom. The largest absolute Gasteiger partial charge is 0.493 e. The van der Waals surface area contributed by atoms with Crippen LogP contribution in [0.5, 0.6) is 23.0 Å². The molecule has 0 N–H and O–H groups in total. The quantitative estimate of drug-likeness (QED) is 0.745. The molecule has 0 fully saturated rings. The van der Waals surface area contributed by atoms with Crippen molar-refractivity contribution in [2.24, 2.45) is 0 Å². The average Bonchev–Trinajstić information content (AvgIpc) is 3.13. The summed E-state index contributed by atoms with van der Waals surface area (Å²) in [5, 5.41) is 0. The predicted molar refractivity (Wildman–Crippen MR) is 105 cm³/mol. The van der Waals surface area contributed by atoms with Gasteiger partial charge in [0.05, 0.1) is 40.4 Å². The van der Waals surface area contributed by atoms with Crippen molar-refractivity contribution in [1.82, 2.24) is 0 Å². The molecule has 0 amide bonds. The molecule has 148 valence electrons. The number of carbonyl (C=O) groups excluding carboxylic acids is 1. The second-order valence-electron chi connectivity index (χ2n) is 7.97. The van der Waals surface area contributed by atoms with Crippen LogP contribution in [0.2, 0.25) is 0 Å². The molecule has 2 heterocycles. The maximum Gasteiger partial charge on any atom is 0.231 e. The molecule has 0 radical (unpaired) electrons. The Balaban J connectivity index is 1.84.